The number of ether oxygens (including phenoxy) is 1. The van der Waals surface area contributed by atoms with Crippen molar-refractivity contribution in [3.05, 3.63) is 24.3 Å². The molecule has 0 bridgehead atoms. The van der Waals surface area contributed by atoms with E-state index in [4.69, 9.17) is 4.74 Å². The van der Waals surface area contributed by atoms with Gasteiger partial charge in [0.2, 0.25) is 5.91 Å². The summed E-state index contributed by atoms with van der Waals surface area (Å²) in [6.45, 7) is 6.13. The van der Waals surface area contributed by atoms with Crippen LogP contribution in [0, 0.1) is 11.3 Å². The molecule has 1 spiro atoms. The van der Waals surface area contributed by atoms with Gasteiger partial charge in [0.05, 0.1) is 12.3 Å². The lowest BCUT2D eigenvalue weighted by Gasteiger charge is -2.38. The fraction of sp³-hybridized carbons (Fsp3) is 0.619. The van der Waals surface area contributed by atoms with Crippen LogP contribution in [0.15, 0.2) is 24.3 Å². The summed E-state index contributed by atoms with van der Waals surface area (Å²) in [6, 6.07) is 7.44. The standard InChI is InChI=1S/C21H31N3O3/c1-3-27-19-10-6-5-9-18(19)23-20(26)24-14-17(13-22-16(2)25)21(15-24)11-7-4-8-12-21/h5-6,9-10,17H,3-4,7-8,11-15H2,1-2H3,(H,22,25)(H,23,26). The van der Waals surface area contributed by atoms with Crippen molar-refractivity contribution in [2.75, 3.05) is 31.6 Å². The van der Waals surface area contributed by atoms with E-state index in [1.54, 1.807) is 6.92 Å². The first-order valence-electron chi connectivity index (χ1n) is 10.1. The number of likely N-dealkylation sites (tertiary alicyclic amines) is 1. The van der Waals surface area contributed by atoms with Crippen molar-refractivity contribution in [2.24, 2.45) is 11.3 Å². The summed E-state index contributed by atoms with van der Waals surface area (Å²) >= 11 is 0. The average Bonchev–Trinajstić information content (AvgIpc) is 3.00. The second-order valence-electron chi connectivity index (χ2n) is 7.80. The number of carbonyl (C=O) groups is 2. The van der Waals surface area contributed by atoms with Crippen molar-refractivity contribution >= 4 is 17.6 Å². The highest BCUT2D eigenvalue weighted by Gasteiger charge is 2.48. The predicted molar refractivity (Wildman–Crippen MR) is 106 cm³/mol. The van der Waals surface area contributed by atoms with Crippen molar-refractivity contribution in [2.45, 2.75) is 46.0 Å². The summed E-state index contributed by atoms with van der Waals surface area (Å²) in [5.41, 5.74) is 0.838. The molecule has 1 atom stereocenters. The van der Waals surface area contributed by atoms with Gasteiger partial charge in [-0.05, 0) is 37.3 Å². The van der Waals surface area contributed by atoms with E-state index in [1.807, 2.05) is 36.1 Å². The molecule has 27 heavy (non-hydrogen) atoms. The molecule has 6 heteroatoms. The Hall–Kier alpha value is -2.24. The van der Waals surface area contributed by atoms with Crippen molar-refractivity contribution in [1.29, 1.82) is 0 Å². The number of nitrogens with zero attached hydrogens (tertiary/aromatic N) is 1. The molecule has 1 saturated carbocycles. The van der Waals surface area contributed by atoms with Crippen LogP contribution < -0.4 is 15.4 Å². The number of rotatable bonds is 5. The normalized spacial score (nSPS) is 21.1. The summed E-state index contributed by atoms with van der Waals surface area (Å²) < 4.78 is 5.62. The molecular formula is C21H31N3O3. The Morgan fingerprint density at radius 3 is 2.67 bits per heavy atom. The van der Waals surface area contributed by atoms with Crippen LogP contribution in [-0.4, -0.2) is 43.1 Å². The van der Waals surface area contributed by atoms with E-state index in [-0.39, 0.29) is 17.4 Å². The van der Waals surface area contributed by atoms with Crippen molar-refractivity contribution < 1.29 is 14.3 Å². The Balaban J connectivity index is 1.71. The highest BCUT2D eigenvalue weighted by Crippen LogP contribution is 2.47. The molecule has 1 unspecified atom stereocenters. The number of benzene rings is 1. The van der Waals surface area contributed by atoms with Crippen LogP contribution in [0.1, 0.15) is 46.0 Å². The first-order chi connectivity index (χ1) is 13.0. The first-order valence-corrected chi connectivity index (χ1v) is 10.1. The molecule has 3 rings (SSSR count). The quantitative estimate of drug-likeness (QED) is 0.828. The van der Waals surface area contributed by atoms with E-state index in [0.717, 1.165) is 19.4 Å². The summed E-state index contributed by atoms with van der Waals surface area (Å²) in [5, 5.41) is 6.00. The lowest BCUT2D eigenvalue weighted by molar-refractivity contribution is -0.119. The van der Waals surface area contributed by atoms with Crippen molar-refractivity contribution in [3.63, 3.8) is 0 Å². The Bertz CT molecular complexity index is 670. The third kappa shape index (κ3) is 4.54. The van der Waals surface area contributed by atoms with Crippen LogP contribution in [0.25, 0.3) is 0 Å². The predicted octanol–water partition coefficient (Wildman–Crippen LogP) is 3.64. The van der Waals surface area contributed by atoms with E-state index in [0.29, 0.717) is 37.1 Å². The molecule has 2 aliphatic rings. The maximum atomic E-state index is 13.0. The highest BCUT2D eigenvalue weighted by molar-refractivity contribution is 5.91. The molecule has 0 radical (unpaired) electrons. The Kier molecular flexibility index (Phi) is 6.24. The molecule has 2 N–H and O–H groups in total. The summed E-state index contributed by atoms with van der Waals surface area (Å²) in [7, 11) is 0. The zero-order valence-corrected chi connectivity index (χ0v) is 16.4. The van der Waals surface area contributed by atoms with E-state index in [2.05, 4.69) is 10.6 Å². The number of para-hydroxylation sites is 2. The minimum Gasteiger partial charge on any atom is -0.492 e. The van der Waals surface area contributed by atoms with Crippen LogP contribution in [-0.2, 0) is 4.79 Å². The summed E-state index contributed by atoms with van der Waals surface area (Å²) in [4.78, 5) is 26.3. The smallest absolute Gasteiger partial charge is 0.321 e. The van der Waals surface area contributed by atoms with Gasteiger partial charge in [-0.25, -0.2) is 4.79 Å². The van der Waals surface area contributed by atoms with Gasteiger partial charge in [0.1, 0.15) is 5.75 Å². The molecule has 1 aliphatic heterocycles. The topological polar surface area (TPSA) is 70.7 Å². The second-order valence-corrected chi connectivity index (χ2v) is 7.80. The number of anilines is 1. The number of amides is 3. The molecule has 6 nitrogen and oxygen atoms in total. The zero-order valence-electron chi connectivity index (χ0n) is 16.4. The van der Waals surface area contributed by atoms with E-state index in [9.17, 15) is 9.59 Å². The third-order valence-corrected chi connectivity index (χ3v) is 5.98. The van der Waals surface area contributed by atoms with Gasteiger partial charge in [-0.15, -0.1) is 0 Å². The number of hydrogen-bond donors (Lipinski definition) is 2. The van der Waals surface area contributed by atoms with Gasteiger partial charge in [-0.3, -0.25) is 4.79 Å². The molecule has 0 aromatic heterocycles. The molecule has 1 aromatic carbocycles. The molecule has 1 heterocycles. The molecule has 1 saturated heterocycles. The van der Waals surface area contributed by atoms with Gasteiger partial charge < -0.3 is 20.3 Å². The largest absolute Gasteiger partial charge is 0.492 e. The average molecular weight is 373 g/mol. The Morgan fingerprint density at radius 2 is 1.96 bits per heavy atom. The Labute approximate surface area is 161 Å². The third-order valence-electron chi connectivity index (χ3n) is 5.98. The van der Waals surface area contributed by atoms with E-state index >= 15 is 0 Å². The molecule has 2 fully saturated rings. The molecule has 148 valence electrons. The SMILES string of the molecule is CCOc1ccccc1NC(=O)N1CC(CNC(C)=O)C2(CCCCC2)C1. The second kappa shape index (κ2) is 8.63. The van der Waals surface area contributed by atoms with Gasteiger partial charge in [0.25, 0.3) is 0 Å². The van der Waals surface area contributed by atoms with Crippen molar-refractivity contribution in [3.8, 4) is 5.75 Å². The maximum Gasteiger partial charge on any atom is 0.321 e. The fourth-order valence-corrected chi connectivity index (χ4v) is 4.60. The summed E-state index contributed by atoms with van der Waals surface area (Å²) in [5.74, 6) is 0.999. The molecule has 3 amide bonds. The fourth-order valence-electron chi connectivity index (χ4n) is 4.60. The monoisotopic (exact) mass is 373 g/mol. The van der Waals surface area contributed by atoms with Gasteiger partial charge in [0, 0.05) is 32.5 Å². The highest BCUT2D eigenvalue weighted by atomic mass is 16.5. The van der Waals surface area contributed by atoms with Crippen LogP contribution in [0.2, 0.25) is 0 Å². The van der Waals surface area contributed by atoms with Crippen LogP contribution in [0.4, 0.5) is 10.5 Å². The lowest BCUT2D eigenvalue weighted by atomic mass is 9.68. The van der Waals surface area contributed by atoms with Crippen LogP contribution in [0.3, 0.4) is 0 Å². The number of nitrogens with one attached hydrogen (secondary N) is 2. The zero-order chi connectivity index (χ0) is 19.3. The molecule has 1 aromatic rings. The number of carbonyl (C=O) groups excluding carboxylic acids is 2. The molecular weight excluding hydrogens is 342 g/mol. The van der Waals surface area contributed by atoms with Crippen molar-refractivity contribution in [1.82, 2.24) is 10.2 Å². The minimum atomic E-state index is -0.0857. The number of hydrogen-bond acceptors (Lipinski definition) is 3. The maximum absolute atomic E-state index is 13.0. The van der Waals surface area contributed by atoms with Crippen LogP contribution in [0.5, 0.6) is 5.75 Å². The van der Waals surface area contributed by atoms with E-state index in [1.165, 1.54) is 19.3 Å². The van der Waals surface area contributed by atoms with E-state index < -0.39 is 0 Å². The number of urea groups is 1. The lowest BCUT2D eigenvalue weighted by Crippen LogP contribution is -2.39. The first kappa shape index (κ1) is 19.5. The van der Waals surface area contributed by atoms with Gasteiger partial charge in [-0.2, -0.15) is 0 Å². The van der Waals surface area contributed by atoms with Gasteiger partial charge in [-0.1, -0.05) is 31.4 Å². The molecule has 1 aliphatic carbocycles. The van der Waals surface area contributed by atoms with Crippen LogP contribution >= 0.6 is 0 Å². The van der Waals surface area contributed by atoms with Gasteiger partial charge in [0.15, 0.2) is 0 Å². The minimum absolute atomic E-state index is 0.00509. The van der Waals surface area contributed by atoms with Gasteiger partial charge >= 0.3 is 6.03 Å². The summed E-state index contributed by atoms with van der Waals surface area (Å²) in [6.07, 6.45) is 5.95. The Morgan fingerprint density at radius 1 is 1.22 bits per heavy atom.